The maximum Gasteiger partial charge on any atom is 0.137 e. The number of fused-ring (bicyclic) bond motifs is 5. The third-order valence-corrected chi connectivity index (χ3v) is 8.03. The minimum absolute atomic E-state index is 0.125. The van der Waals surface area contributed by atoms with Crippen LogP contribution in [0.25, 0.3) is 0 Å². The number of hydrogen-bond acceptors (Lipinski definition) is 2. The Hall–Kier alpha value is -0.890. The first-order valence-electron chi connectivity index (χ1n) is 9.42. The Morgan fingerprint density at radius 2 is 2.00 bits per heavy atom. The molecule has 0 saturated heterocycles. The number of aliphatic hydroxyl groups excluding tert-OH is 1. The van der Waals surface area contributed by atoms with Crippen molar-refractivity contribution in [2.45, 2.75) is 65.4 Å². The lowest BCUT2D eigenvalue weighted by Crippen LogP contribution is -2.51. The van der Waals surface area contributed by atoms with Gasteiger partial charge >= 0.3 is 0 Å². The molecule has 0 aromatic carbocycles. The Morgan fingerprint density at radius 1 is 1.22 bits per heavy atom. The summed E-state index contributed by atoms with van der Waals surface area (Å²) in [5.74, 6) is 2.42. The molecule has 7 atom stereocenters. The summed E-state index contributed by atoms with van der Waals surface area (Å²) in [5, 5.41) is 10.1. The van der Waals surface area contributed by atoms with E-state index in [1.165, 1.54) is 18.4 Å². The fourth-order valence-corrected chi connectivity index (χ4v) is 6.70. The number of rotatable bonds is 1. The quantitative estimate of drug-likeness (QED) is 0.733. The van der Waals surface area contributed by atoms with Gasteiger partial charge in [0.05, 0.1) is 6.10 Å². The maximum atomic E-state index is 12.1. The Morgan fingerprint density at radius 3 is 2.74 bits per heavy atom. The second-order valence-electron chi connectivity index (χ2n) is 9.09. The molecule has 2 saturated carbocycles. The molecule has 0 aromatic rings. The third kappa shape index (κ3) is 2.06. The van der Waals surface area contributed by atoms with Crippen molar-refractivity contribution in [3.05, 3.63) is 23.8 Å². The van der Waals surface area contributed by atoms with Gasteiger partial charge in [0.1, 0.15) is 5.78 Å². The van der Waals surface area contributed by atoms with E-state index in [-0.39, 0.29) is 22.9 Å². The average molecular weight is 314 g/mol. The number of hydrogen-bond donors (Lipinski definition) is 1. The summed E-state index contributed by atoms with van der Waals surface area (Å²) >= 11 is 0. The first-order valence-corrected chi connectivity index (χ1v) is 9.42. The molecule has 0 bridgehead atoms. The fourth-order valence-electron chi connectivity index (χ4n) is 6.70. The molecule has 0 aromatic heterocycles. The lowest BCUT2D eigenvalue weighted by Gasteiger charge is -2.57. The van der Waals surface area contributed by atoms with Crippen LogP contribution in [-0.2, 0) is 4.79 Å². The van der Waals surface area contributed by atoms with Gasteiger partial charge < -0.3 is 5.11 Å². The van der Waals surface area contributed by atoms with E-state index < -0.39 is 0 Å². The summed E-state index contributed by atoms with van der Waals surface area (Å²) in [6, 6.07) is 0. The highest BCUT2D eigenvalue weighted by molar-refractivity contribution is 5.81. The van der Waals surface area contributed by atoms with Crippen LogP contribution in [0.1, 0.15) is 59.3 Å². The summed E-state index contributed by atoms with van der Waals surface area (Å²) in [4.78, 5) is 12.1. The second kappa shape index (κ2) is 5.05. The summed E-state index contributed by atoms with van der Waals surface area (Å²) < 4.78 is 0. The number of Topliss-reactive ketones (excluding diaryl/α,β-unsaturated/α-hetero) is 1. The predicted octanol–water partition coefficient (Wildman–Crippen LogP) is 4.29. The monoisotopic (exact) mass is 314 g/mol. The molecule has 2 fully saturated rings. The summed E-state index contributed by atoms with van der Waals surface area (Å²) in [7, 11) is 0. The molecule has 4 rings (SSSR count). The van der Waals surface area contributed by atoms with E-state index in [1.807, 2.05) is 0 Å². The van der Waals surface area contributed by atoms with Crippen molar-refractivity contribution in [3.8, 4) is 0 Å². The van der Waals surface area contributed by atoms with Gasteiger partial charge in [-0.15, -0.1) is 0 Å². The van der Waals surface area contributed by atoms with Crippen LogP contribution in [0.3, 0.4) is 0 Å². The molecule has 2 nitrogen and oxygen atoms in total. The molecule has 4 aliphatic carbocycles. The summed E-state index contributed by atoms with van der Waals surface area (Å²) in [6.45, 7) is 6.56. The molecule has 7 unspecified atom stereocenters. The van der Waals surface area contributed by atoms with Crippen LogP contribution >= 0.6 is 0 Å². The van der Waals surface area contributed by atoms with Gasteiger partial charge in [-0.1, -0.05) is 37.6 Å². The Labute approximate surface area is 140 Å². The number of ketones is 1. The van der Waals surface area contributed by atoms with Crippen molar-refractivity contribution in [2.75, 3.05) is 0 Å². The second-order valence-corrected chi connectivity index (χ2v) is 9.09. The molecule has 0 spiro atoms. The maximum absolute atomic E-state index is 12.1. The molecular weight excluding hydrogens is 284 g/mol. The molecule has 4 aliphatic rings. The van der Waals surface area contributed by atoms with Crippen molar-refractivity contribution < 1.29 is 9.90 Å². The molecule has 0 aliphatic heterocycles. The molecule has 126 valence electrons. The van der Waals surface area contributed by atoms with Crippen molar-refractivity contribution in [1.82, 2.24) is 0 Å². The summed E-state index contributed by atoms with van der Waals surface area (Å²) in [5.41, 5.74) is 1.94. The SMILES string of the molecule is CC(=O)C1C=CC2C3CC=C4CC(O)CCC4(C)C3CCC12C. The van der Waals surface area contributed by atoms with Crippen molar-refractivity contribution >= 4 is 5.78 Å². The number of carbonyl (C=O) groups excluding carboxylic acids is 1. The normalized spacial score (nSPS) is 51.5. The predicted molar refractivity (Wildman–Crippen MR) is 91.8 cm³/mol. The highest BCUT2D eigenvalue weighted by atomic mass is 16.3. The molecule has 2 heteroatoms. The molecule has 0 amide bonds. The highest BCUT2D eigenvalue weighted by Gasteiger charge is 2.57. The van der Waals surface area contributed by atoms with Crippen LogP contribution in [0.4, 0.5) is 0 Å². The minimum atomic E-state index is -0.131. The summed E-state index contributed by atoms with van der Waals surface area (Å²) in [6.07, 6.45) is 13.4. The van der Waals surface area contributed by atoms with Gasteiger partial charge in [-0.25, -0.2) is 0 Å². The van der Waals surface area contributed by atoms with Crippen LogP contribution in [0.5, 0.6) is 0 Å². The first kappa shape index (κ1) is 15.6. The Kier molecular flexibility index (Phi) is 3.43. The van der Waals surface area contributed by atoms with Gasteiger partial charge in [0, 0.05) is 5.92 Å². The van der Waals surface area contributed by atoms with E-state index in [2.05, 4.69) is 32.1 Å². The lowest BCUT2D eigenvalue weighted by molar-refractivity contribution is -0.126. The van der Waals surface area contributed by atoms with Crippen molar-refractivity contribution in [2.24, 2.45) is 34.5 Å². The van der Waals surface area contributed by atoms with Crippen LogP contribution in [0.15, 0.2) is 23.8 Å². The van der Waals surface area contributed by atoms with E-state index in [4.69, 9.17) is 0 Å². The van der Waals surface area contributed by atoms with E-state index in [9.17, 15) is 9.90 Å². The highest BCUT2D eigenvalue weighted by Crippen LogP contribution is 2.64. The number of carbonyl (C=O) groups is 1. The largest absolute Gasteiger partial charge is 0.393 e. The van der Waals surface area contributed by atoms with Gasteiger partial charge in [-0.05, 0) is 74.0 Å². The van der Waals surface area contributed by atoms with E-state index >= 15 is 0 Å². The zero-order valence-corrected chi connectivity index (χ0v) is 14.7. The van der Waals surface area contributed by atoms with E-state index in [0.29, 0.717) is 17.6 Å². The number of allylic oxidation sites excluding steroid dienone is 3. The van der Waals surface area contributed by atoms with Crippen LogP contribution in [0.2, 0.25) is 0 Å². The minimum Gasteiger partial charge on any atom is -0.393 e. The average Bonchev–Trinajstić information content (AvgIpc) is 2.85. The third-order valence-electron chi connectivity index (χ3n) is 8.03. The molecule has 23 heavy (non-hydrogen) atoms. The lowest BCUT2D eigenvalue weighted by atomic mass is 9.47. The molecule has 0 heterocycles. The van der Waals surface area contributed by atoms with Gasteiger partial charge in [0.2, 0.25) is 0 Å². The van der Waals surface area contributed by atoms with Crippen molar-refractivity contribution in [1.29, 1.82) is 0 Å². The van der Waals surface area contributed by atoms with Gasteiger partial charge in [0.25, 0.3) is 0 Å². The Balaban J connectivity index is 1.68. The van der Waals surface area contributed by atoms with Gasteiger partial charge in [-0.2, -0.15) is 0 Å². The molecule has 0 radical (unpaired) electrons. The first-order chi connectivity index (χ1) is 10.9. The zero-order chi connectivity index (χ0) is 16.4. The molecular formula is C21H30O2. The van der Waals surface area contributed by atoms with Crippen LogP contribution < -0.4 is 0 Å². The zero-order valence-electron chi connectivity index (χ0n) is 14.7. The van der Waals surface area contributed by atoms with Crippen LogP contribution in [-0.4, -0.2) is 17.0 Å². The Bertz CT molecular complexity index is 589. The topological polar surface area (TPSA) is 37.3 Å². The van der Waals surface area contributed by atoms with Gasteiger partial charge in [-0.3, -0.25) is 4.79 Å². The van der Waals surface area contributed by atoms with Crippen molar-refractivity contribution in [3.63, 3.8) is 0 Å². The smallest absolute Gasteiger partial charge is 0.137 e. The standard InChI is InChI=1S/C21H30O2/c1-13(22)17-6-7-18-16-5-4-14-12-15(23)8-10-20(14,2)19(16)9-11-21(17,18)3/h4,6-7,15-19,23H,5,8-12H2,1-3H3. The fraction of sp³-hybridized carbons (Fsp3) is 0.762. The van der Waals surface area contributed by atoms with E-state index in [0.717, 1.165) is 31.6 Å². The van der Waals surface area contributed by atoms with Gasteiger partial charge in [0.15, 0.2) is 0 Å². The van der Waals surface area contributed by atoms with E-state index in [1.54, 1.807) is 6.92 Å². The number of aliphatic hydroxyl groups is 1. The van der Waals surface area contributed by atoms with Crippen LogP contribution in [0, 0.1) is 34.5 Å². The molecule has 1 N–H and O–H groups in total.